The van der Waals surface area contributed by atoms with Gasteiger partial charge in [0.25, 0.3) is 0 Å². The minimum Gasteiger partial charge on any atom is -0.480 e. The summed E-state index contributed by atoms with van der Waals surface area (Å²) in [5, 5.41) is 40.5. The third-order valence-electron chi connectivity index (χ3n) is 18.6. The number of H-pyrrole nitrogens is 1. The Balaban J connectivity index is 1.47. The number of carbonyl (C=O) groups excluding carboxylic acids is 15. The zero-order valence-electron chi connectivity index (χ0n) is 64.3. The topological polar surface area (TPSA) is 589 Å². The number of carboxylic acid groups (broad SMARTS) is 1. The van der Waals surface area contributed by atoms with E-state index in [1.54, 1.807) is 85.7 Å². The molecular formula is C71H113N21O17S2. The standard InChI is InChI=1S/C71H113N21O17S2/c1-10-39(8)57(90-62(100)46(27-36(2)3)87-66(104)55(37(4)5)88-60(98)44(19-14-24-77-71(74)75)83-58(96)43(72)33-110)67(105)84-45(22-23-52(73)93)59(97)78-31-53(94)81-40(9)68(106)91-25-16-21-51(91)65(103)86-47(28-41-17-12-11-13-18-41)61(99)85-48(29-42-30-76-35-80-42)63(101)89-56(38(6)7)69(107)92-26-15-20-50(92)64(102)79-32-54(95)82-49(34-111)70(108)109/h11-13,17-18,30,35-40,43-51,55-57,110-111H,10,14-16,19-29,31-34,72H2,1-9H3,(H2,73,93)(H,76,80)(H,78,97)(H,79,102)(H,81,94)(H,82,95)(H,83,96)(H,84,105)(H,85,99)(H,86,103)(H,87,104)(H,88,98)(H,89,101)(H,90,100)(H,108,109)(H4,74,75,77)/t39-,40-,43-,44-,45-,46-,47-,48-,49-,50-,51-,55-,56-,57-/m0/s1. The lowest BCUT2D eigenvalue weighted by Crippen LogP contribution is -2.61. The predicted molar refractivity (Wildman–Crippen MR) is 413 cm³/mol. The number of aromatic amines is 1. The van der Waals surface area contributed by atoms with Gasteiger partial charge < -0.3 is 107 Å². The van der Waals surface area contributed by atoms with E-state index in [0.717, 1.165) is 0 Å². The second-order valence-corrected chi connectivity index (χ2v) is 29.5. The van der Waals surface area contributed by atoms with Gasteiger partial charge in [0.05, 0.1) is 25.5 Å². The number of benzene rings is 1. The van der Waals surface area contributed by atoms with Crippen LogP contribution < -0.4 is 86.7 Å². The normalized spacial score (nSPS) is 17.2. The van der Waals surface area contributed by atoms with Crippen LogP contribution in [-0.4, -0.2) is 248 Å². The number of nitrogens with zero attached hydrogens (tertiary/aromatic N) is 4. The molecule has 1 aromatic heterocycles. The van der Waals surface area contributed by atoms with Crippen LogP contribution in [0, 0.1) is 23.7 Å². The number of aromatic nitrogens is 2. The number of likely N-dealkylation sites (tertiary alicyclic amines) is 2. The number of hydrogen-bond donors (Lipinski definition) is 20. The van der Waals surface area contributed by atoms with E-state index in [0.29, 0.717) is 30.5 Å². The maximum absolute atomic E-state index is 14.7. The van der Waals surface area contributed by atoms with Gasteiger partial charge in [-0.2, -0.15) is 25.3 Å². The Bertz CT molecular complexity index is 3570. The van der Waals surface area contributed by atoms with Gasteiger partial charge >= 0.3 is 5.97 Å². The average molecular weight is 1600 g/mol. The summed E-state index contributed by atoms with van der Waals surface area (Å²) in [7, 11) is 0. The van der Waals surface area contributed by atoms with Crippen LogP contribution in [0.25, 0.3) is 0 Å². The van der Waals surface area contributed by atoms with E-state index in [4.69, 9.17) is 22.9 Å². The number of rotatable bonds is 46. The zero-order valence-corrected chi connectivity index (χ0v) is 66.1. The van der Waals surface area contributed by atoms with E-state index in [1.165, 1.54) is 29.2 Å². The van der Waals surface area contributed by atoms with Gasteiger partial charge in [0.2, 0.25) is 88.6 Å². The second-order valence-electron chi connectivity index (χ2n) is 28.7. The molecule has 0 spiro atoms. The van der Waals surface area contributed by atoms with Crippen LogP contribution in [-0.2, 0) is 89.6 Å². The van der Waals surface area contributed by atoms with Gasteiger partial charge in [-0.3, -0.25) is 76.9 Å². The largest absolute Gasteiger partial charge is 0.480 e. The minimum atomic E-state index is -1.53. The van der Waals surface area contributed by atoms with Crippen molar-refractivity contribution in [2.24, 2.45) is 51.6 Å². The SMILES string of the molecule is CC[C@H](C)[C@H](NC(=O)[C@H](CC(C)C)NC(=O)[C@@H](NC(=O)[C@H](CCCN=C(N)N)NC(=O)[C@@H](N)CS)C(C)C)C(=O)N[C@@H](CCC(N)=O)C(=O)NCC(=O)N[C@@H](C)C(=O)N1CCC[C@H]1C(=O)N[C@@H](Cc1ccccc1)C(=O)N[C@@H](Cc1cnc[nH]1)C(=O)N[C@H](C(=O)N1CCC[C@H]1C(=O)NCC(=O)N[C@@H](CS)C(=O)O)C(C)C. The monoisotopic (exact) mass is 1600 g/mol. The van der Waals surface area contributed by atoms with Crippen molar-refractivity contribution in [1.82, 2.24) is 83.6 Å². The number of carbonyl (C=O) groups is 16. The maximum atomic E-state index is 14.7. The second kappa shape index (κ2) is 46.5. The fourth-order valence-corrected chi connectivity index (χ4v) is 12.7. The van der Waals surface area contributed by atoms with Crippen molar-refractivity contribution in [2.45, 2.75) is 218 Å². The van der Waals surface area contributed by atoms with E-state index in [-0.39, 0.29) is 94.4 Å². The molecule has 2 saturated heterocycles. The highest BCUT2D eigenvalue weighted by atomic mass is 32.1. The number of primary amides is 1. The highest BCUT2D eigenvalue weighted by molar-refractivity contribution is 7.80. The molecule has 3 heterocycles. The molecule has 0 unspecified atom stereocenters. The lowest BCUT2D eigenvalue weighted by molar-refractivity contribution is -0.143. The molecule has 2 fully saturated rings. The highest BCUT2D eigenvalue weighted by Crippen LogP contribution is 2.23. The summed E-state index contributed by atoms with van der Waals surface area (Å²) in [6.45, 7) is 13.9. The molecule has 40 heteroatoms. The van der Waals surface area contributed by atoms with Crippen LogP contribution in [0.5, 0.6) is 0 Å². The Kier molecular flexibility index (Phi) is 39.1. The molecule has 2 aromatic rings. The fourth-order valence-electron chi connectivity index (χ4n) is 12.2. The van der Waals surface area contributed by atoms with Crippen molar-refractivity contribution in [3.8, 4) is 0 Å². The van der Waals surface area contributed by atoms with Gasteiger partial charge in [0.1, 0.15) is 72.5 Å². The molecular weight excluding hydrogens is 1480 g/mol. The van der Waals surface area contributed by atoms with Gasteiger partial charge in [-0.25, -0.2) is 9.78 Å². The number of imidazole rings is 1. The van der Waals surface area contributed by atoms with E-state index >= 15 is 0 Å². The highest BCUT2D eigenvalue weighted by Gasteiger charge is 2.43. The molecule has 38 nitrogen and oxygen atoms in total. The summed E-state index contributed by atoms with van der Waals surface area (Å²) < 4.78 is 0. The van der Waals surface area contributed by atoms with E-state index < -0.39 is 210 Å². The predicted octanol–water partition coefficient (Wildman–Crippen LogP) is -4.73. The number of nitrogens with two attached hydrogens (primary N) is 4. The third-order valence-corrected chi connectivity index (χ3v) is 19.4. The van der Waals surface area contributed by atoms with Crippen molar-refractivity contribution in [3.63, 3.8) is 0 Å². The quantitative estimate of drug-likeness (QED) is 0.0128. The molecule has 1 aromatic carbocycles. The molecule has 0 aliphatic carbocycles. The van der Waals surface area contributed by atoms with Crippen molar-refractivity contribution >= 4 is 126 Å². The molecule has 2 aliphatic heterocycles. The summed E-state index contributed by atoms with van der Waals surface area (Å²) in [6, 6.07) is -8.04. The van der Waals surface area contributed by atoms with Crippen molar-refractivity contribution in [1.29, 1.82) is 0 Å². The van der Waals surface area contributed by atoms with Gasteiger partial charge in [0.15, 0.2) is 5.96 Å². The molecule has 22 N–H and O–H groups in total. The number of guanidine groups is 1. The summed E-state index contributed by atoms with van der Waals surface area (Å²) in [5.74, 6) is -15.6. The maximum Gasteiger partial charge on any atom is 0.327 e. The van der Waals surface area contributed by atoms with Gasteiger partial charge in [-0.15, -0.1) is 0 Å². The van der Waals surface area contributed by atoms with Gasteiger partial charge in [-0.1, -0.05) is 92.1 Å². The molecule has 0 radical (unpaired) electrons. The molecule has 0 saturated carbocycles. The smallest absolute Gasteiger partial charge is 0.327 e. The van der Waals surface area contributed by atoms with Crippen LogP contribution in [0.4, 0.5) is 0 Å². The Morgan fingerprint density at radius 1 is 0.568 bits per heavy atom. The molecule has 616 valence electrons. The molecule has 4 rings (SSSR count). The number of nitrogens with one attached hydrogen (secondary N) is 13. The van der Waals surface area contributed by atoms with Crippen molar-refractivity contribution in [2.75, 3.05) is 44.2 Å². The van der Waals surface area contributed by atoms with Gasteiger partial charge in [0, 0.05) is 62.3 Å². The summed E-state index contributed by atoms with van der Waals surface area (Å²) in [5.41, 5.74) is 23.2. The average Bonchev–Trinajstić information content (AvgIpc) is 1.65. The van der Waals surface area contributed by atoms with Crippen LogP contribution in [0.15, 0.2) is 47.8 Å². The minimum absolute atomic E-state index is 0.0315. The van der Waals surface area contributed by atoms with E-state index in [1.807, 2.05) is 0 Å². The fraction of sp³-hybridized carbons (Fsp3) is 0.634. The number of thiol groups is 2. The number of aliphatic imine (C=N–C) groups is 1. The lowest BCUT2D eigenvalue weighted by atomic mass is 9.95. The first kappa shape index (κ1) is 93.3. The molecule has 14 atom stereocenters. The Morgan fingerprint density at radius 3 is 1.66 bits per heavy atom. The van der Waals surface area contributed by atoms with Crippen molar-refractivity contribution in [3.05, 3.63) is 54.1 Å². The van der Waals surface area contributed by atoms with Crippen LogP contribution in [0.3, 0.4) is 0 Å². The van der Waals surface area contributed by atoms with E-state index in [9.17, 15) is 81.8 Å². The Hall–Kier alpha value is -10.1. The first-order valence-electron chi connectivity index (χ1n) is 37.1. The van der Waals surface area contributed by atoms with Crippen LogP contribution in [0.1, 0.15) is 138 Å². The number of aliphatic carboxylic acids is 1. The molecule has 15 amide bonds. The molecule has 111 heavy (non-hydrogen) atoms. The number of hydrogen-bond acceptors (Lipinski definition) is 21. The lowest BCUT2D eigenvalue weighted by Gasteiger charge is -2.32. The van der Waals surface area contributed by atoms with Crippen LogP contribution in [0.2, 0.25) is 0 Å². The Labute approximate surface area is 656 Å². The number of amides is 15. The first-order chi connectivity index (χ1) is 52.4. The summed E-state index contributed by atoms with van der Waals surface area (Å²) >= 11 is 8.00. The number of carboxylic acids is 1. The summed E-state index contributed by atoms with van der Waals surface area (Å²) in [4.78, 5) is 232. The molecule has 0 bridgehead atoms. The van der Waals surface area contributed by atoms with Crippen molar-refractivity contribution < 1.29 is 81.8 Å². The van der Waals surface area contributed by atoms with E-state index in [2.05, 4.69) is 104 Å². The van der Waals surface area contributed by atoms with Gasteiger partial charge in [-0.05, 0) is 87.5 Å². The van der Waals surface area contributed by atoms with Crippen LogP contribution >= 0.6 is 25.3 Å². The third kappa shape index (κ3) is 30.6. The summed E-state index contributed by atoms with van der Waals surface area (Å²) in [6.07, 6.45) is 3.37. The zero-order chi connectivity index (χ0) is 82.9. The Morgan fingerprint density at radius 2 is 1.09 bits per heavy atom. The molecule has 2 aliphatic rings. The first-order valence-corrected chi connectivity index (χ1v) is 38.4.